The van der Waals surface area contributed by atoms with E-state index in [4.69, 9.17) is 4.74 Å². The number of imidazole rings is 1. The standard InChI is InChI=1S/C15H14N2O2/c1-2-19-15(18)5-3-4-12-6-8-13(9-7-12)14-10-16-11-17-14/h6-11H,2,5H2,1H3,(H,16,17). The molecule has 0 atom stereocenters. The van der Waals surface area contributed by atoms with Gasteiger partial charge in [0.2, 0.25) is 0 Å². The van der Waals surface area contributed by atoms with Gasteiger partial charge in [-0.2, -0.15) is 0 Å². The molecule has 2 aromatic rings. The van der Waals surface area contributed by atoms with Crippen LogP contribution in [0.5, 0.6) is 0 Å². The van der Waals surface area contributed by atoms with E-state index in [2.05, 4.69) is 21.8 Å². The van der Waals surface area contributed by atoms with Crippen LogP contribution in [0, 0.1) is 11.8 Å². The molecule has 0 fully saturated rings. The van der Waals surface area contributed by atoms with E-state index in [1.54, 1.807) is 19.4 Å². The van der Waals surface area contributed by atoms with E-state index in [1.165, 1.54) is 0 Å². The van der Waals surface area contributed by atoms with Gasteiger partial charge in [-0.15, -0.1) is 0 Å². The van der Waals surface area contributed by atoms with Gasteiger partial charge >= 0.3 is 5.97 Å². The zero-order chi connectivity index (χ0) is 13.5. The normalized spacial score (nSPS) is 9.53. The van der Waals surface area contributed by atoms with Crippen molar-refractivity contribution < 1.29 is 9.53 Å². The molecule has 96 valence electrons. The van der Waals surface area contributed by atoms with Crippen LogP contribution < -0.4 is 0 Å². The molecule has 1 heterocycles. The molecule has 0 amide bonds. The average molecular weight is 254 g/mol. The smallest absolute Gasteiger partial charge is 0.317 e. The van der Waals surface area contributed by atoms with Crippen LogP contribution >= 0.6 is 0 Å². The monoisotopic (exact) mass is 254 g/mol. The summed E-state index contributed by atoms with van der Waals surface area (Å²) in [5.74, 6) is 5.44. The van der Waals surface area contributed by atoms with Gasteiger partial charge in [-0.25, -0.2) is 4.98 Å². The Labute approximate surface area is 111 Å². The second-order valence-corrected chi connectivity index (χ2v) is 3.83. The summed E-state index contributed by atoms with van der Waals surface area (Å²) in [6.45, 7) is 2.17. The number of hydrogen-bond acceptors (Lipinski definition) is 3. The fourth-order valence-electron chi connectivity index (χ4n) is 1.58. The lowest BCUT2D eigenvalue weighted by molar-refractivity contribution is -0.141. The fourth-order valence-corrected chi connectivity index (χ4v) is 1.58. The molecule has 0 saturated carbocycles. The molecular weight excluding hydrogens is 240 g/mol. The van der Waals surface area contributed by atoms with Gasteiger partial charge in [-0.05, 0) is 24.6 Å². The number of nitrogens with one attached hydrogen (secondary N) is 1. The molecule has 0 aliphatic carbocycles. The van der Waals surface area contributed by atoms with Gasteiger partial charge in [0, 0.05) is 5.56 Å². The van der Waals surface area contributed by atoms with Crippen molar-refractivity contribution in [2.24, 2.45) is 0 Å². The predicted octanol–water partition coefficient (Wildman–Crippen LogP) is 2.38. The zero-order valence-electron chi connectivity index (χ0n) is 10.6. The van der Waals surface area contributed by atoms with Crippen LogP contribution in [0.2, 0.25) is 0 Å². The summed E-state index contributed by atoms with van der Waals surface area (Å²) in [5.41, 5.74) is 2.88. The number of benzene rings is 1. The number of carbonyl (C=O) groups is 1. The summed E-state index contributed by atoms with van der Waals surface area (Å²) >= 11 is 0. The Morgan fingerprint density at radius 1 is 1.37 bits per heavy atom. The lowest BCUT2D eigenvalue weighted by atomic mass is 10.1. The molecule has 19 heavy (non-hydrogen) atoms. The van der Waals surface area contributed by atoms with E-state index in [-0.39, 0.29) is 12.4 Å². The summed E-state index contributed by atoms with van der Waals surface area (Å²) in [5, 5.41) is 0. The maximum Gasteiger partial charge on any atom is 0.317 e. The molecule has 4 nitrogen and oxygen atoms in total. The highest BCUT2D eigenvalue weighted by molar-refractivity contribution is 5.72. The lowest BCUT2D eigenvalue weighted by Gasteiger charge is -1.97. The molecule has 1 aromatic heterocycles. The van der Waals surface area contributed by atoms with Crippen molar-refractivity contribution in [1.82, 2.24) is 9.97 Å². The number of H-pyrrole nitrogens is 1. The Hall–Kier alpha value is -2.54. The van der Waals surface area contributed by atoms with E-state index in [0.717, 1.165) is 16.8 Å². The number of ether oxygens (including phenoxy) is 1. The molecule has 0 unspecified atom stereocenters. The summed E-state index contributed by atoms with van der Waals surface area (Å²) in [4.78, 5) is 18.1. The SMILES string of the molecule is CCOC(=O)CC#Cc1ccc(-c2cnc[nH]2)cc1. The van der Waals surface area contributed by atoms with E-state index >= 15 is 0 Å². The Morgan fingerprint density at radius 3 is 2.79 bits per heavy atom. The number of esters is 1. The minimum absolute atomic E-state index is 0.121. The van der Waals surface area contributed by atoms with Crippen molar-refractivity contribution in [3.05, 3.63) is 42.4 Å². The average Bonchev–Trinajstić information content (AvgIpc) is 2.94. The maximum absolute atomic E-state index is 11.1. The van der Waals surface area contributed by atoms with Gasteiger partial charge in [0.1, 0.15) is 6.42 Å². The van der Waals surface area contributed by atoms with Gasteiger partial charge < -0.3 is 9.72 Å². The van der Waals surface area contributed by atoms with E-state index in [1.807, 2.05) is 24.3 Å². The van der Waals surface area contributed by atoms with Crippen molar-refractivity contribution in [3.8, 4) is 23.1 Å². The number of aromatic nitrogens is 2. The largest absolute Gasteiger partial charge is 0.465 e. The minimum Gasteiger partial charge on any atom is -0.465 e. The third-order valence-electron chi connectivity index (χ3n) is 2.46. The third-order valence-corrected chi connectivity index (χ3v) is 2.46. The molecular formula is C15H14N2O2. The van der Waals surface area contributed by atoms with Gasteiger partial charge in [0.05, 0.1) is 24.8 Å². The maximum atomic E-state index is 11.1. The van der Waals surface area contributed by atoms with Crippen molar-refractivity contribution in [3.63, 3.8) is 0 Å². The summed E-state index contributed by atoms with van der Waals surface area (Å²) in [6, 6.07) is 7.74. The van der Waals surface area contributed by atoms with Crippen LogP contribution in [0.1, 0.15) is 18.9 Å². The number of aromatic amines is 1. The first-order valence-electron chi connectivity index (χ1n) is 6.03. The predicted molar refractivity (Wildman–Crippen MR) is 72.2 cm³/mol. The number of rotatable bonds is 3. The quantitative estimate of drug-likeness (QED) is 0.676. The molecule has 0 spiro atoms. The van der Waals surface area contributed by atoms with Crippen molar-refractivity contribution >= 4 is 5.97 Å². The Kier molecular flexibility index (Phi) is 4.35. The van der Waals surface area contributed by atoms with Gasteiger partial charge in [-0.3, -0.25) is 4.79 Å². The fraction of sp³-hybridized carbons (Fsp3) is 0.200. The molecule has 0 aliphatic heterocycles. The van der Waals surface area contributed by atoms with Crippen LogP contribution in [0.3, 0.4) is 0 Å². The topological polar surface area (TPSA) is 55.0 Å². The first-order valence-corrected chi connectivity index (χ1v) is 6.03. The molecule has 0 radical (unpaired) electrons. The minimum atomic E-state index is -0.288. The highest BCUT2D eigenvalue weighted by Gasteiger charge is 1.98. The molecule has 4 heteroatoms. The van der Waals surface area contributed by atoms with Gasteiger partial charge in [-0.1, -0.05) is 24.0 Å². The van der Waals surface area contributed by atoms with E-state index in [9.17, 15) is 4.79 Å². The number of carbonyl (C=O) groups excluding carboxylic acids is 1. The number of hydrogen-bond donors (Lipinski definition) is 1. The van der Waals surface area contributed by atoms with Crippen molar-refractivity contribution in [1.29, 1.82) is 0 Å². The van der Waals surface area contributed by atoms with Crippen molar-refractivity contribution in [2.75, 3.05) is 6.61 Å². The van der Waals surface area contributed by atoms with Gasteiger partial charge in [0.15, 0.2) is 0 Å². The Morgan fingerprint density at radius 2 is 2.16 bits per heavy atom. The van der Waals surface area contributed by atoms with Crippen LogP contribution in [0.4, 0.5) is 0 Å². The Bertz CT molecular complexity index is 589. The summed E-state index contributed by atoms with van der Waals surface area (Å²) < 4.78 is 4.80. The lowest BCUT2D eigenvalue weighted by Crippen LogP contribution is -2.01. The van der Waals surface area contributed by atoms with E-state index in [0.29, 0.717) is 6.61 Å². The summed E-state index contributed by atoms with van der Waals surface area (Å²) in [7, 11) is 0. The van der Waals surface area contributed by atoms with Crippen LogP contribution in [0.25, 0.3) is 11.3 Å². The third kappa shape index (κ3) is 3.71. The highest BCUT2D eigenvalue weighted by atomic mass is 16.5. The molecule has 1 N–H and O–H groups in total. The van der Waals surface area contributed by atoms with Gasteiger partial charge in [0.25, 0.3) is 0 Å². The second-order valence-electron chi connectivity index (χ2n) is 3.83. The first kappa shape index (κ1) is 12.9. The van der Waals surface area contributed by atoms with Crippen molar-refractivity contribution in [2.45, 2.75) is 13.3 Å². The molecule has 0 bridgehead atoms. The molecule has 2 rings (SSSR count). The zero-order valence-corrected chi connectivity index (χ0v) is 10.6. The van der Waals surface area contributed by atoms with Crippen LogP contribution in [-0.4, -0.2) is 22.5 Å². The molecule has 0 saturated heterocycles. The molecule has 1 aromatic carbocycles. The Balaban J connectivity index is 2.00. The van der Waals surface area contributed by atoms with E-state index < -0.39 is 0 Å². The molecule has 0 aliphatic rings. The first-order chi connectivity index (χ1) is 9.29. The summed E-state index contributed by atoms with van der Waals surface area (Å²) in [6.07, 6.45) is 3.53. The highest BCUT2D eigenvalue weighted by Crippen LogP contribution is 2.15. The van der Waals surface area contributed by atoms with Crippen LogP contribution in [0.15, 0.2) is 36.8 Å². The second kappa shape index (κ2) is 6.41. The number of nitrogens with zero attached hydrogens (tertiary/aromatic N) is 1. The van der Waals surface area contributed by atoms with Crippen LogP contribution in [-0.2, 0) is 9.53 Å².